The zero-order valence-corrected chi connectivity index (χ0v) is 13.2. The fraction of sp³-hybridized carbons (Fsp3) is 0.444. The smallest absolute Gasteiger partial charge is 0.338 e. The minimum atomic E-state index is -0.810. The van der Waals surface area contributed by atoms with E-state index < -0.39 is 5.41 Å². The Hall–Kier alpha value is -2.10. The van der Waals surface area contributed by atoms with Crippen LogP contribution in [0.15, 0.2) is 29.8 Å². The van der Waals surface area contributed by atoms with Gasteiger partial charge < -0.3 is 10.5 Å². The SMILES string of the molecule is COC(=O)C1=C2C(C)(C(N)=O)CCCC2(C)c2ccccc21. The molecule has 0 radical (unpaired) electrons. The molecule has 22 heavy (non-hydrogen) atoms. The fourth-order valence-electron chi connectivity index (χ4n) is 4.35. The molecule has 1 aromatic carbocycles. The number of ether oxygens (including phenoxy) is 1. The molecule has 3 rings (SSSR count). The Morgan fingerprint density at radius 2 is 1.86 bits per heavy atom. The van der Waals surface area contributed by atoms with Gasteiger partial charge in [0.2, 0.25) is 5.91 Å². The Morgan fingerprint density at radius 3 is 2.50 bits per heavy atom. The lowest BCUT2D eigenvalue weighted by Crippen LogP contribution is -2.45. The molecule has 1 aromatic rings. The number of rotatable bonds is 2. The molecular formula is C18H21NO3. The number of carbonyl (C=O) groups is 2. The number of carbonyl (C=O) groups excluding carboxylic acids is 2. The van der Waals surface area contributed by atoms with Crippen molar-refractivity contribution in [3.8, 4) is 0 Å². The number of amides is 1. The minimum absolute atomic E-state index is 0.331. The lowest BCUT2D eigenvalue weighted by Gasteiger charge is -2.44. The third kappa shape index (κ3) is 1.70. The molecule has 4 heteroatoms. The summed E-state index contributed by atoms with van der Waals surface area (Å²) in [5.74, 6) is -0.761. The van der Waals surface area contributed by atoms with E-state index in [-0.39, 0.29) is 17.3 Å². The Labute approximate surface area is 130 Å². The lowest BCUT2D eigenvalue weighted by molar-refractivity contribution is -0.133. The summed E-state index contributed by atoms with van der Waals surface area (Å²) in [6, 6.07) is 7.85. The lowest BCUT2D eigenvalue weighted by atomic mass is 9.58. The molecule has 0 bridgehead atoms. The first-order valence-electron chi connectivity index (χ1n) is 7.59. The molecule has 2 atom stereocenters. The summed E-state index contributed by atoms with van der Waals surface area (Å²) in [5, 5.41) is 0. The van der Waals surface area contributed by atoms with Gasteiger partial charge in [0.25, 0.3) is 0 Å². The van der Waals surface area contributed by atoms with Crippen LogP contribution in [0.2, 0.25) is 0 Å². The number of primary amides is 1. The summed E-state index contributed by atoms with van der Waals surface area (Å²) < 4.78 is 5.01. The fourth-order valence-corrected chi connectivity index (χ4v) is 4.35. The quantitative estimate of drug-likeness (QED) is 0.853. The van der Waals surface area contributed by atoms with Crippen LogP contribution >= 0.6 is 0 Å². The van der Waals surface area contributed by atoms with Crippen molar-refractivity contribution in [2.75, 3.05) is 7.11 Å². The van der Waals surface area contributed by atoms with Crippen LogP contribution in [-0.4, -0.2) is 19.0 Å². The zero-order valence-electron chi connectivity index (χ0n) is 13.2. The molecule has 0 aromatic heterocycles. The highest BCUT2D eigenvalue weighted by atomic mass is 16.5. The normalized spacial score (nSPS) is 29.8. The predicted octanol–water partition coefficient (Wildman–Crippen LogP) is 2.56. The van der Waals surface area contributed by atoms with E-state index in [0.29, 0.717) is 12.0 Å². The average Bonchev–Trinajstić information content (AvgIpc) is 2.77. The summed E-state index contributed by atoms with van der Waals surface area (Å²) in [4.78, 5) is 24.7. The van der Waals surface area contributed by atoms with Gasteiger partial charge in [0.15, 0.2) is 0 Å². The third-order valence-corrected chi connectivity index (χ3v) is 5.43. The van der Waals surface area contributed by atoms with Crippen molar-refractivity contribution >= 4 is 17.4 Å². The van der Waals surface area contributed by atoms with Crippen molar-refractivity contribution in [3.05, 3.63) is 41.0 Å². The minimum Gasteiger partial charge on any atom is -0.465 e. The molecule has 2 aliphatic rings. The van der Waals surface area contributed by atoms with Crippen LogP contribution in [0.1, 0.15) is 44.2 Å². The van der Waals surface area contributed by atoms with Crippen molar-refractivity contribution in [2.45, 2.75) is 38.5 Å². The number of benzene rings is 1. The number of hydrogen-bond acceptors (Lipinski definition) is 3. The Bertz CT molecular complexity index is 706. The Balaban J connectivity index is 2.37. The average molecular weight is 299 g/mol. The van der Waals surface area contributed by atoms with E-state index >= 15 is 0 Å². The molecule has 0 saturated heterocycles. The number of methoxy groups -OCH3 is 1. The van der Waals surface area contributed by atoms with E-state index in [0.717, 1.165) is 29.5 Å². The van der Waals surface area contributed by atoms with E-state index in [1.165, 1.54) is 7.11 Å². The molecule has 116 valence electrons. The van der Waals surface area contributed by atoms with Gasteiger partial charge in [-0.25, -0.2) is 4.79 Å². The van der Waals surface area contributed by atoms with E-state index in [1.807, 2.05) is 31.2 Å². The number of esters is 1. The van der Waals surface area contributed by atoms with Gasteiger partial charge in [-0.2, -0.15) is 0 Å². The molecule has 1 amide bonds. The Morgan fingerprint density at radius 1 is 1.18 bits per heavy atom. The van der Waals surface area contributed by atoms with Gasteiger partial charge in [0.05, 0.1) is 18.1 Å². The summed E-state index contributed by atoms with van der Waals surface area (Å²) in [6.45, 7) is 3.97. The van der Waals surface area contributed by atoms with E-state index in [9.17, 15) is 9.59 Å². The van der Waals surface area contributed by atoms with Crippen LogP contribution < -0.4 is 5.73 Å². The Kier molecular flexibility index (Phi) is 3.17. The topological polar surface area (TPSA) is 69.4 Å². The number of nitrogens with two attached hydrogens (primary N) is 1. The maximum absolute atomic E-state index is 12.5. The summed E-state index contributed by atoms with van der Waals surface area (Å²) in [7, 11) is 1.37. The highest BCUT2D eigenvalue weighted by Gasteiger charge is 2.55. The highest BCUT2D eigenvalue weighted by molar-refractivity contribution is 6.21. The number of fused-ring (bicyclic) bond motifs is 3. The van der Waals surface area contributed by atoms with Gasteiger partial charge in [-0.15, -0.1) is 0 Å². The van der Waals surface area contributed by atoms with E-state index in [2.05, 4.69) is 6.92 Å². The van der Waals surface area contributed by atoms with Crippen LogP contribution in [0.5, 0.6) is 0 Å². The summed E-state index contributed by atoms with van der Waals surface area (Å²) >= 11 is 0. The highest BCUT2D eigenvalue weighted by Crippen LogP contribution is 2.59. The van der Waals surface area contributed by atoms with Crippen molar-refractivity contribution in [1.82, 2.24) is 0 Å². The zero-order chi connectivity index (χ0) is 16.1. The summed E-state index contributed by atoms with van der Waals surface area (Å²) in [5.41, 5.74) is 7.93. The van der Waals surface area contributed by atoms with Crippen LogP contribution in [0, 0.1) is 5.41 Å². The first-order valence-corrected chi connectivity index (χ1v) is 7.59. The molecule has 0 spiro atoms. The summed E-state index contributed by atoms with van der Waals surface area (Å²) in [6.07, 6.45) is 2.48. The van der Waals surface area contributed by atoms with Gasteiger partial charge in [0.1, 0.15) is 0 Å². The molecule has 0 heterocycles. The first kappa shape index (κ1) is 14.8. The predicted molar refractivity (Wildman–Crippen MR) is 83.9 cm³/mol. The molecule has 4 nitrogen and oxygen atoms in total. The molecule has 1 fully saturated rings. The van der Waals surface area contributed by atoms with Gasteiger partial charge in [-0.1, -0.05) is 37.6 Å². The number of hydrogen-bond donors (Lipinski definition) is 1. The van der Waals surface area contributed by atoms with Crippen molar-refractivity contribution in [1.29, 1.82) is 0 Å². The maximum atomic E-state index is 12.5. The standard InChI is InChI=1S/C18H21NO3/c1-17-9-6-10-18(2,16(19)21)14(17)13(15(20)22-3)11-7-4-5-8-12(11)17/h4-5,7-8H,6,9-10H2,1-3H3,(H2,19,21). The largest absolute Gasteiger partial charge is 0.465 e. The van der Waals surface area contributed by atoms with E-state index in [1.54, 1.807) is 0 Å². The second kappa shape index (κ2) is 4.70. The monoisotopic (exact) mass is 299 g/mol. The molecular weight excluding hydrogens is 278 g/mol. The third-order valence-electron chi connectivity index (χ3n) is 5.43. The van der Waals surface area contributed by atoms with Crippen LogP contribution in [-0.2, 0) is 19.7 Å². The van der Waals surface area contributed by atoms with Gasteiger partial charge in [0, 0.05) is 5.41 Å². The molecule has 2 unspecified atom stereocenters. The van der Waals surface area contributed by atoms with Gasteiger partial charge in [-0.05, 0) is 36.5 Å². The van der Waals surface area contributed by atoms with Gasteiger partial charge in [-0.3, -0.25) is 4.79 Å². The second-order valence-electron chi connectivity index (χ2n) is 6.67. The van der Waals surface area contributed by atoms with Crippen LogP contribution in [0.3, 0.4) is 0 Å². The first-order chi connectivity index (χ1) is 10.4. The van der Waals surface area contributed by atoms with Gasteiger partial charge >= 0.3 is 5.97 Å². The maximum Gasteiger partial charge on any atom is 0.338 e. The molecule has 2 aliphatic carbocycles. The van der Waals surface area contributed by atoms with E-state index in [4.69, 9.17) is 10.5 Å². The van der Waals surface area contributed by atoms with Crippen molar-refractivity contribution < 1.29 is 14.3 Å². The molecule has 1 saturated carbocycles. The van der Waals surface area contributed by atoms with Crippen LogP contribution in [0.4, 0.5) is 0 Å². The molecule has 0 aliphatic heterocycles. The second-order valence-corrected chi connectivity index (χ2v) is 6.67. The molecule has 2 N–H and O–H groups in total. The van der Waals surface area contributed by atoms with Crippen LogP contribution in [0.25, 0.3) is 5.57 Å². The van der Waals surface area contributed by atoms with Crippen molar-refractivity contribution in [2.24, 2.45) is 11.1 Å². The van der Waals surface area contributed by atoms with Crippen molar-refractivity contribution in [3.63, 3.8) is 0 Å².